The van der Waals surface area contributed by atoms with Gasteiger partial charge in [-0.3, -0.25) is 0 Å². The van der Waals surface area contributed by atoms with Gasteiger partial charge in [0.15, 0.2) is 0 Å². The molecule has 1 heterocycles. The first kappa shape index (κ1) is 12.7. The predicted octanol–water partition coefficient (Wildman–Crippen LogP) is 1.39. The number of rotatable bonds is 3. The minimum Gasteiger partial charge on any atom is -0.398 e. The van der Waals surface area contributed by atoms with E-state index in [1.54, 1.807) is 43.1 Å². The Hall–Kier alpha value is -0.720. The van der Waals surface area contributed by atoms with Crippen molar-refractivity contribution in [1.29, 1.82) is 0 Å². The van der Waals surface area contributed by atoms with Crippen molar-refractivity contribution in [3.63, 3.8) is 0 Å². The topological polar surface area (TPSA) is 63.4 Å². The van der Waals surface area contributed by atoms with Crippen LogP contribution in [-0.4, -0.2) is 37.3 Å². The Bertz CT molecular complexity index is 496. The van der Waals surface area contributed by atoms with E-state index in [1.165, 1.54) is 4.31 Å². The van der Waals surface area contributed by atoms with Crippen molar-refractivity contribution in [1.82, 2.24) is 4.31 Å². The molecule has 0 amide bonds. The summed E-state index contributed by atoms with van der Waals surface area (Å²) in [6, 6.07) is 6.69. The zero-order valence-corrected chi connectivity index (χ0v) is 11.3. The summed E-state index contributed by atoms with van der Waals surface area (Å²) in [4.78, 5) is 0.208. The number of para-hydroxylation sites is 1. The number of hydrogen-bond acceptors (Lipinski definition) is 4. The minimum absolute atomic E-state index is 0.0876. The molecular formula is C11H16N2O2S2. The molecule has 0 radical (unpaired) electrons. The maximum atomic E-state index is 12.4. The third-order valence-corrected chi connectivity index (χ3v) is 6.12. The smallest absolute Gasteiger partial charge is 0.245 e. The summed E-state index contributed by atoms with van der Waals surface area (Å²) in [5, 5.41) is 0. The zero-order chi connectivity index (χ0) is 12.5. The van der Waals surface area contributed by atoms with Crippen LogP contribution < -0.4 is 5.73 Å². The van der Waals surface area contributed by atoms with E-state index in [0.29, 0.717) is 5.69 Å². The van der Waals surface area contributed by atoms with E-state index in [0.717, 1.165) is 17.9 Å². The average molecular weight is 272 g/mol. The summed E-state index contributed by atoms with van der Waals surface area (Å²) >= 11 is 1.79. The Morgan fingerprint density at radius 1 is 1.41 bits per heavy atom. The van der Waals surface area contributed by atoms with Crippen LogP contribution in [0.25, 0.3) is 0 Å². The maximum Gasteiger partial charge on any atom is 0.245 e. The Kier molecular flexibility index (Phi) is 3.65. The Labute approximate surface area is 106 Å². The number of hydrogen-bond donors (Lipinski definition) is 1. The molecule has 1 unspecified atom stereocenters. The van der Waals surface area contributed by atoms with Gasteiger partial charge in [0.25, 0.3) is 0 Å². The molecule has 1 aromatic rings. The van der Waals surface area contributed by atoms with Gasteiger partial charge >= 0.3 is 0 Å². The quantitative estimate of drug-likeness (QED) is 0.845. The van der Waals surface area contributed by atoms with E-state index in [4.69, 9.17) is 5.73 Å². The molecule has 2 N–H and O–H groups in total. The highest BCUT2D eigenvalue weighted by Crippen LogP contribution is 2.28. The summed E-state index contributed by atoms with van der Waals surface area (Å²) in [5.74, 6) is 1.89. The molecule has 4 nitrogen and oxygen atoms in total. The first-order valence-corrected chi connectivity index (χ1v) is 8.03. The van der Waals surface area contributed by atoms with Crippen molar-refractivity contribution in [3.05, 3.63) is 24.3 Å². The van der Waals surface area contributed by atoms with Crippen molar-refractivity contribution in [2.24, 2.45) is 0 Å². The van der Waals surface area contributed by atoms with E-state index in [1.807, 2.05) is 0 Å². The van der Waals surface area contributed by atoms with Crippen LogP contribution in [0.1, 0.15) is 6.42 Å². The lowest BCUT2D eigenvalue weighted by Gasteiger charge is -2.23. The molecule has 2 rings (SSSR count). The van der Waals surface area contributed by atoms with Crippen molar-refractivity contribution < 1.29 is 8.42 Å². The number of nitrogens with zero attached hydrogens (tertiary/aromatic N) is 1. The first-order valence-electron chi connectivity index (χ1n) is 5.44. The van der Waals surface area contributed by atoms with Crippen molar-refractivity contribution in [3.8, 4) is 0 Å². The molecule has 1 saturated heterocycles. The Balaban J connectivity index is 2.33. The van der Waals surface area contributed by atoms with Crippen LogP contribution in [0.4, 0.5) is 5.69 Å². The normalized spacial score (nSPS) is 20.9. The number of nitrogens with two attached hydrogens (primary N) is 1. The molecule has 0 aromatic heterocycles. The molecule has 1 atom stereocenters. The Morgan fingerprint density at radius 2 is 2.12 bits per heavy atom. The fraction of sp³-hybridized carbons (Fsp3) is 0.455. The number of benzene rings is 1. The minimum atomic E-state index is -3.46. The molecule has 17 heavy (non-hydrogen) atoms. The summed E-state index contributed by atoms with van der Waals surface area (Å²) in [5.41, 5.74) is 6.04. The van der Waals surface area contributed by atoms with Gasteiger partial charge in [0.05, 0.1) is 5.69 Å². The monoisotopic (exact) mass is 272 g/mol. The fourth-order valence-corrected chi connectivity index (χ4v) is 4.74. The van der Waals surface area contributed by atoms with Gasteiger partial charge in [0.2, 0.25) is 10.0 Å². The number of nitrogen functional groups attached to an aromatic ring is 1. The van der Waals surface area contributed by atoms with Crippen molar-refractivity contribution in [2.45, 2.75) is 17.4 Å². The molecule has 1 aromatic carbocycles. The van der Waals surface area contributed by atoms with Gasteiger partial charge in [-0.15, -0.1) is 0 Å². The van der Waals surface area contributed by atoms with Gasteiger partial charge in [-0.1, -0.05) is 12.1 Å². The summed E-state index contributed by atoms with van der Waals surface area (Å²) < 4.78 is 26.2. The summed E-state index contributed by atoms with van der Waals surface area (Å²) in [6.07, 6.45) is 0.910. The van der Waals surface area contributed by atoms with E-state index < -0.39 is 10.0 Å². The molecule has 6 heteroatoms. The molecule has 0 aliphatic carbocycles. The first-order chi connectivity index (χ1) is 8.03. The van der Waals surface area contributed by atoms with Crippen LogP contribution in [0.2, 0.25) is 0 Å². The van der Waals surface area contributed by atoms with Crippen LogP contribution in [0.15, 0.2) is 29.2 Å². The van der Waals surface area contributed by atoms with Gasteiger partial charge < -0.3 is 5.73 Å². The van der Waals surface area contributed by atoms with E-state index >= 15 is 0 Å². The van der Waals surface area contributed by atoms with Gasteiger partial charge in [-0.05, 0) is 24.3 Å². The van der Waals surface area contributed by atoms with Crippen LogP contribution in [0, 0.1) is 0 Å². The summed E-state index contributed by atoms with van der Waals surface area (Å²) in [6.45, 7) is 0. The predicted molar refractivity (Wildman–Crippen MR) is 71.5 cm³/mol. The summed E-state index contributed by atoms with van der Waals surface area (Å²) in [7, 11) is -1.82. The SMILES string of the molecule is CN(C1CCSC1)S(=O)(=O)c1ccccc1N. The van der Waals surface area contributed by atoms with Crippen LogP contribution in [-0.2, 0) is 10.0 Å². The number of thioether (sulfide) groups is 1. The molecule has 1 fully saturated rings. The van der Waals surface area contributed by atoms with Gasteiger partial charge in [-0.25, -0.2) is 8.42 Å². The van der Waals surface area contributed by atoms with Crippen LogP contribution in [0.3, 0.4) is 0 Å². The zero-order valence-electron chi connectivity index (χ0n) is 9.67. The number of anilines is 1. The van der Waals surface area contributed by atoms with Crippen molar-refractivity contribution in [2.75, 3.05) is 24.3 Å². The van der Waals surface area contributed by atoms with Gasteiger partial charge in [0.1, 0.15) is 4.90 Å². The molecular weight excluding hydrogens is 256 g/mol. The highest BCUT2D eigenvalue weighted by atomic mass is 32.2. The second-order valence-corrected chi connectivity index (χ2v) is 7.19. The van der Waals surface area contributed by atoms with Crippen molar-refractivity contribution >= 4 is 27.5 Å². The third kappa shape index (κ3) is 2.43. The molecule has 0 bridgehead atoms. The average Bonchev–Trinajstić information content (AvgIpc) is 2.81. The lowest BCUT2D eigenvalue weighted by molar-refractivity contribution is 0.395. The molecule has 0 saturated carbocycles. The third-order valence-electron chi connectivity index (χ3n) is 3.00. The van der Waals surface area contributed by atoms with E-state index in [9.17, 15) is 8.42 Å². The van der Waals surface area contributed by atoms with Gasteiger partial charge in [0, 0.05) is 18.8 Å². The fourth-order valence-electron chi connectivity index (χ4n) is 1.88. The van der Waals surface area contributed by atoms with Crippen LogP contribution in [0.5, 0.6) is 0 Å². The highest BCUT2D eigenvalue weighted by Gasteiger charge is 2.31. The molecule has 1 aliphatic rings. The lowest BCUT2D eigenvalue weighted by atomic mass is 10.3. The maximum absolute atomic E-state index is 12.4. The molecule has 0 spiro atoms. The van der Waals surface area contributed by atoms with Crippen LogP contribution >= 0.6 is 11.8 Å². The second kappa shape index (κ2) is 4.88. The second-order valence-electron chi connectivity index (χ2n) is 4.08. The van der Waals surface area contributed by atoms with E-state index in [2.05, 4.69) is 0 Å². The molecule has 94 valence electrons. The largest absolute Gasteiger partial charge is 0.398 e. The Morgan fingerprint density at radius 3 is 2.71 bits per heavy atom. The standard InChI is InChI=1S/C11H16N2O2S2/c1-13(9-6-7-16-8-9)17(14,15)11-5-3-2-4-10(11)12/h2-5,9H,6-8,12H2,1H3. The van der Waals surface area contributed by atoms with E-state index in [-0.39, 0.29) is 10.9 Å². The molecule has 1 aliphatic heterocycles. The van der Waals surface area contributed by atoms with Gasteiger partial charge in [-0.2, -0.15) is 16.1 Å². The lowest BCUT2D eigenvalue weighted by Crippen LogP contribution is -2.37. The highest BCUT2D eigenvalue weighted by molar-refractivity contribution is 7.99. The number of sulfonamides is 1.